The molecule has 0 unspecified atom stereocenters. The van der Waals surface area contributed by atoms with E-state index in [9.17, 15) is 0 Å². The van der Waals surface area contributed by atoms with Crippen molar-refractivity contribution in [3.63, 3.8) is 0 Å². The number of hydrogen-bond acceptors (Lipinski definition) is 5. The van der Waals surface area contributed by atoms with Crippen LogP contribution in [0.15, 0.2) is 121 Å². The molecule has 0 atom stereocenters. The summed E-state index contributed by atoms with van der Waals surface area (Å²) in [6.07, 6.45) is 0. The summed E-state index contributed by atoms with van der Waals surface area (Å²) in [6, 6.07) is 42.8. The fourth-order valence-electron chi connectivity index (χ4n) is 6.69. The van der Waals surface area contributed by atoms with Gasteiger partial charge in [-0.3, -0.25) is 0 Å². The van der Waals surface area contributed by atoms with E-state index in [2.05, 4.69) is 137 Å². The summed E-state index contributed by atoms with van der Waals surface area (Å²) >= 11 is 1.81. The van der Waals surface area contributed by atoms with E-state index < -0.39 is 0 Å². The van der Waals surface area contributed by atoms with Gasteiger partial charge in [0.1, 0.15) is 0 Å². The van der Waals surface area contributed by atoms with Crippen molar-refractivity contribution >= 4 is 53.6 Å². The van der Waals surface area contributed by atoms with E-state index in [1.54, 1.807) is 0 Å². The number of rotatable bonds is 4. The van der Waals surface area contributed by atoms with E-state index in [0.29, 0.717) is 0 Å². The molecule has 0 N–H and O–H groups in total. The second-order valence-electron chi connectivity index (χ2n) is 12.9. The van der Waals surface area contributed by atoms with Gasteiger partial charge in [-0.15, -0.1) is 11.3 Å². The van der Waals surface area contributed by atoms with Gasteiger partial charge in [-0.25, -0.2) is 19.9 Å². The first-order valence-corrected chi connectivity index (χ1v) is 17.4. The highest BCUT2D eigenvalue weighted by molar-refractivity contribution is 7.25. The van der Waals surface area contributed by atoms with Gasteiger partial charge in [-0.1, -0.05) is 72.8 Å². The van der Waals surface area contributed by atoms with Crippen molar-refractivity contribution in [1.82, 2.24) is 19.9 Å². The topological polar surface area (TPSA) is 51.6 Å². The zero-order valence-corrected chi connectivity index (χ0v) is 28.6. The standard InChI is InChI=1S/C44H32N4S/c1-25-19-35-37(21-27(25)3)47-43(41(45-35)29-11-7-5-8-12-29)31-15-17-39-33(23-31)34-24-32(16-18-40(34)49-39)44-42(30-13-9-6-10-14-30)46-36-20-26(2)28(4)22-38(36)48-44/h5-24H,1-4H3. The van der Waals surface area contributed by atoms with Gasteiger partial charge in [0.25, 0.3) is 0 Å². The molecule has 0 saturated heterocycles. The van der Waals surface area contributed by atoms with Gasteiger partial charge in [0.05, 0.1) is 44.8 Å². The fraction of sp³-hybridized carbons (Fsp3) is 0.0909. The minimum absolute atomic E-state index is 0.886. The molecule has 9 rings (SSSR count). The van der Waals surface area contributed by atoms with Crippen LogP contribution in [0.5, 0.6) is 0 Å². The lowest BCUT2D eigenvalue weighted by Gasteiger charge is -2.13. The van der Waals surface area contributed by atoms with Gasteiger partial charge >= 0.3 is 0 Å². The van der Waals surface area contributed by atoms with E-state index in [-0.39, 0.29) is 0 Å². The maximum atomic E-state index is 5.27. The lowest BCUT2D eigenvalue weighted by molar-refractivity contribution is 1.26. The predicted molar refractivity (Wildman–Crippen MR) is 206 cm³/mol. The Morgan fingerprint density at radius 2 is 0.673 bits per heavy atom. The number of hydrogen-bond donors (Lipinski definition) is 0. The minimum atomic E-state index is 0.886. The molecule has 234 valence electrons. The number of aromatic nitrogens is 4. The molecule has 3 heterocycles. The molecule has 49 heavy (non-hydrogen) atoms. The van der Waals surface area contributed by atoms with Gasteiger partial charge in [-0.2, -0.15) is 0 Å². The molecule has 6 aromatic carbocycles. The summed E-state index contributed by atoms with van der Waals surface area (Å²) in [5.41, 5.74) is 16.2. The molecule has 0 aliphatic carbocycles. The van der Waals surface area contributed by atoms with Gasteiger partial charge in [0, 0.05) is 42.4 Å². The van der Waals surface area contributed by atoms with Crippen LogP contribution in [0.25, 0.3) is 87.3 Å². The molecule has 0 aliphatic rings. The molecule has 9 aromatic rings. The molecule has 0 fully saturated rings. The third-order valence-electron chi connectivity index (χ3n) is 9.67. The summed E-state index contributed by atoms with van der Waals surface area (Å²) in [6.45, 7) is 8.52. The van der Waals surface area contributed by atoms with Crippen LogP contribution in [0.3, 0.4) is 0 Å². The molecule has 0 aliphatic heterocycles. The van der Waals surface area contributed by atoms with E-state index in [1.807, 2.05) is 23.5 Å². The Morgan fingerprint density at radius 3 is 1.02 bits per heavy atom. The normalized spacial score (nSPS) is 11.7. The predicted octanol–water partition coefficient (Wildman–Crippen LogP) is 11.8. The van der Waals surface area contributed by atoms with Crippen molar-refractivity contribution in [2.24, 2.45) is 0 Å². The van der Waals surface area contributed by atoms with Crippen LogP contribution in [-0.4, -0.2) is 19.9 Å². The SMILES string of the molecule is Cc1cc2nc(-c3ccccc3)c(-c3ccc4sc5ccc(-c6nc7cc(C)c(C)cc7nc6-c6ccccc6)cc5c4c3)nc2cc1C. The zero-order valence-electron chi connectivity index (χ0n) is 27.7. The number of aryl methyl sites for hydroxylation is 4. The van der Waals surface area contributed by atoms with Crippen molar-refractivity contribution < 1.29 is 0 Å². The number of fused-ring (bicyclic) bond motifs is 5. The van der Waals surface area contributed by atoms with Crippen molar-refractivity contribution in [3.8, 4) is 45.0 Å². The van der Waals surface area contributed by atoms with Crippen molar-refractivity contribution in [1.29, 1.82) is 0 Å². The molecule has 0 saturated carbocycles. The molecule has 3 aromatic heterocycles. The Labute approximate surface area is 288 Å². The summed E-state index contributed by atoms with van der Waals surface area (Å²) in [5, 5.41) is 2.39. The van der Waals surface area contributed by atoms with E-state index in [4.69, 9.17) is 19.9 Å². The Bertz CT molecular complexity index is 2560. The lowest BCUT2D eigenvalue weighted by atomic mass is 9.99. The number of thiophene rings is 1. The third kappa shape index (κ3) is 5.06. The summed E-state index contributed by atoms with van der Waals surface area (Å²) < 4.78 is 2.47. The highest BCUT2D eigenvalue weighted by Gasteiger charge is 2.18. The molecule has 0 bridgehead atoms. The summed E-state index contributed by atoms with van der Waals surface area (Å²) in [7, 11) is 0. The first-order chi connectivity index (χ1) is 23.9. The van der Waals surface area contributed by atoms with E-state index in [0.717, 1.165) is 67.1 Å². The molecule has 5 heteroatoms. The highest BCUT2D eigenvalue weighted by Crippen LogP contribution is 2.41. The molecular formula is C44H32N4S. The Balaban J connectivity index is 1.26. The van der Waals surface area contributed by atoms with Crippen molar-refractivity contribution in [2.45, 2.75) is 27.7 Å². The van der Waals surface area contributed by atoms with Crippen molar-refractivity contribution in [2.75, 3.05) is 0 Å². The first-order valence-electron chi connectivity index (χ1n) is 16.6. The lowest BCUT2D eigenvalue weighted by Crippen LogP contribution is -1.97. The number of nitrogens with zero attached hydrogens (tertiary/aromatic N) is 4. The minimum Gasteiger partial charge on any atom is -0.244 e. The van der Waals surface area contributed by atoms with Crippen LogP contribution in [0.4, 0.5) is 0 Å². The average Bonchev–Trinajstić information content (AvgIpc) is 3.50. The smallest absolute Gasteiger partial charge is 0.0973 e. The molecule has 4 nitrogen and oxygen atoms in total. The van der Waals surface area contributed by atoms with E-state index in [1.165, 1.54) is 42.4 Å². The second-order valence-corrected chi connectivity index (χ2v) is 14.0. The fourth-order valence-corrected chi connectivity index (χ4v) is 7.76. The largest absolute Gasteiger partial charge is 0.244 e. The average molecular weight is 649 g/mol. The Kier molecular flexibility index (Phi) is 6.85. The number of benzene rings is 6. The molecular weight excluding hydrogens is 617 g/mol. The monoisotopic (exact) mass is 648 g/mol. The van der Waals surface area contributed by atoms with Crippen molar-refractivity contribution in [3.05, 3.63) is 144 Å². The van der Waals surface area contributed by atoms with Crippen LogP contribution < -0.4 is 0 Å². The van der Waals surface area contributed by atoms with E-state index >= 15 is 0 Å². The van der Waals surface area contributed by atoms with Gasteiger partial charge < -0.3 is 0 Å². The van der Waals surface area contributed by atoms with Gasteiger partial charge in [0.2, 0.25) is 0 Å². The molecule has 0 radical (unpaired) electrons. The van der Waals surface area contributed by atoms with Gasteiger partial charge in [0.15, 0.2) is 0 Å². The van der Waals surface area contributed by atoms with Gasteiger partial charge in [-0.05, 0) is 98.5 Å². The third-order valence-corrected chi connectivity index (χ3v) is 10.8. The van der Waals surface area contributed by atoms with Crippen LogP contribution >= 0.6 is 11.3 Å². The molecule has 0 spiro atoms. The maximum Gasteiger partial charge on any atom is 0.0973 e. The maximum absolute atomic E-state index is 5.27. The highest BCUT2D eigenvalue weighted by atomic mass is 32.1. The zero-order chi connectivity index (χ0) is 33.2. The van der Waals surface area contributed by atoms with Crippen LogP contribution in [0, 0.1) is 27.7 Å². The summed E-state index contributed by atoms with van der Waals surface area (Å²) in [5.74, 6) is 0. The Hall–Kier alpha value is -5.78. The second kappa shape index (κ2) is 11.4. The van der Waals surface area contributed by atoms with Crippen LogP contribution in [0.2, 0.25) is 0 Å². The quantitative estimate of drug-likeness (QED) is 0.191. The first kappa shape index (κ1) is 29.4. The van der Waals surface area contributed by atoms with Crippen LogP contribution in [-0.2, 0) is 0 Å². The Morgan fingerprint density at radius 1 is 0.347 bits per heavy atom. The molecule has 0 amide bonds. The van der Waals surface area contributed by atoms with Crippen LogP contribution in [0.1, 0.15) is 22.3 Å². The summed E-state index contributed by atoms with van der Waals surface area (Å²) in [4.78, 5) is 21.0.